The maximum Gasteiger partial charge on any atom is 0.341 e. The van der Waals surface area contributed by atoms with Crippen molar-refractivity contribution in [2.24, 2.45) is 0 Å². The van der Waals surface area contributed by atoms with E-state index in [4.69, 9.17) is 14.6 Å². The minimum atomic E-state index is -1.14. The number of barbiturate groups is 1. The first kappa shape index (κ1) is 18.7. The van der Waals surface area contributed by atoms with Crippen LogP contribution in [0.1, 0.15) is 5.56 Å². The molecule has 0 radical (unpaired) electrons. The molecular weight excluding hydrogens is 344 g/mol. The molecule has 9 heteroatoms. The van der Waals surface area contributed by atoms with Gasteiger partial charge in [0.15, 0.2) is 18.1 Å². The number of benzene rings is 1. The quantitative estimate of drug-likeness (QED) is 0.419. The Kier molecular flexibility index (Phi) is 5.74. The van der Waals surface area contributed by atoms with Crippen molar-refractivity contribution >= 4 is 29.9 Å². The molecule has 0 unspecified atom stereocenters. The van der Waals surface area contributed by atoms with Crippen molar-refractivity contribution in [2.75, 3.05) is 20.3 Å². The number of nitrogens with one attached hydrogen (secondary N) is 1. The zero-order chi connectivity index (χ0) is 19.3. The molecule has 0 aromatic heterocycles. The Bertz CT molecular complexity index is 813. The minimum absolute atomic E-state index is 0.0411. The van der Waals surface area contributed by atoms with E-state index in [0.717, 1.165) is 4.90 Å². The first-order valence-electron chi connectivity index (χ1n) is 7.39. The topological polar surface area (TPSA) is 122 Å². The van der Waals surface area contributed by atoms with Gasteiger partial charge in [-0.3, -0.25) is 19.8 Å². The summed E-state index contributed by atoms with van der Waals surface area (Å²) in [5, 5.41) is 10.7. The molecule has 0 spiro atoms. The smallest absolute Gasteiger partial charge is 0.341 e. The van der Waals surface area contributed by atoms with Gasteiger partial charge in [0.1, 0.15) is 5.57 Å². The number of urea groups is 1. The number of nitrogens with zero attached hydrogens (tertiary/aromatic N) is 1. The molecule has 136 valence electrons. The average Bonchev–Trinajstić information content (AvgIpc) is 2.60. The van der Waals surface area contributed by atoms with Crippen molar-refractivity contribution in [1.29, 1.82) is 0 Å². The number of aliphatic carboxylic acids is 1. The normalized spacial score (nSPS) is 15.7. The lowest BCUT2D eigenvalue weighted by Crippen LogP contribution is -2.54. The molecule has 1 saturated heterocycles. The minimum Gasteiger partial charge on any atom is -0.493 e. The van der Waals surface area contributed by atoms with Gasteiger partial charge < -0.3 is 14.6 Å². The summed E-state index contributed by atoms with van der Waals surface area (Å²) in [6.45, 7) is 2.88. The number of rotatable bonds is 7. The maximum absolute atomic E-state index is 12.3. The molecule has 1 heterocycles. The van der Waals surface area contributed by atoms with Gasteiger partial charge in [-0.05, 0) is 23.8 Å². The van der Waals surface area contributed by atoms with Gasteiger partial charge in [0, 0.05) is 6.54 Å². The number of imide groups is 2. The van der Waals surface area contributed by atoms with Crippen LogP contribution in [-0.2, 0) is 14.4 Å². The largest absolute Gasteiger partial charge is 0.493 e. The summed E-state index contributed by atoms with van der Waals surface area (Å²) in [6.07, 6.45) is 2.66. The molecule has 1 fully saturated rings. The third-order valence-electron chi connectivity index (χ3n) is 3.35. The van der Waals surface area contributed by atoms with E-state index in [1.165, 1.54) is 37.5 Å². The molecule has 0 saturated carbocycles. The van der Waals surface area contributed by atoms with Gasteiger partial charge in [0.2, 0.25) is 0 Å². The summed E-state index contributed by atoms with van der Waals surface area (Å²) in [7, 11) is 1.36. The van der Waals surface area contributed by atoms with Crippen LogP contribution in [0, 0.1) is 0 Å². The van der Waals surface area contributed by atoms with Crippen LogP contribution in [-0.4, -0.2) is 54.1 Å². The fourth-order valence-electron chi connectivity index (χ4n) is 2.19. The van der Waals surface area contributed by atoms with Crippen LogP contribution in [0.3, 0.4) is 0 Å². The maximum atomic E-state index is 12.3. The van der Waals surface area contributed by atoms with E-state index in [1.54, 1.807) is 0 Å². The van der Waals surface area contributed by atoms with E-state index in [9.17, 15) is 19.2 Å². The second-order valence-corrected chi connectivity index (χ2v) is 5.11. The van der Waals surface area contributed by atoms with Crippen LogP contribution in [0.2, 0.25) is 0 Å². The van der Waals surface area contributed by atoms with E-state index < -0.39 is 30.4 Å². The number of amides is 4. The molecule has 1 aromatic rings. The van der Waals surface area contributed by atoms with Crippen LogP contribution in [0.4, 0.5) is 4.79 Å². The van der Waals surface area contributed by atoms with E-state index in [0.29, 0.717) is 5.56 Å². The lowest BCUT2D eigenvalue weighted by molar-refractivity contribution is -0.139. The molecule has 1 aliphatic rings. The van der Waals surface area contributed by atoms with Gasteiger partial charge in [0.25, 0.3) is 11.8 Å². The number of carbonyl (C=O) groups excluding carboxylic acids is 3. The van der Waals surface area contributed by atoms with Crippen molar-refractivity contribution in [2.45, 2.75) is 0 Å². The summed E-state index contributed by atoms with van der Waals surface area (Å²) in [5.41, 5.74) is 0.198. The Morgan fingerprint density at radius 1 is 1.31 bits per heavy atom. The van der Waals surface area contributed by atoms with E-state index in [1.807, 2.05) is 0 Å². The highest BCUT2D eigenvalue weighted by molar-refractivity contribution is 6.31. The lowest BCUT2D eigenvalue weighted by atomic mass is 10.1. The van der Waals surface area contributed by atoms with Gasteiger partial charge in [-0.2, -0.15) is 0 Å². The van der Waals surface area contributed by atoms with Crippen molar-refractivity contribution in [3.8, 4) is 11.5 Å². The predicted molar refractivity (Wildman–Crippen MR) is 89.6 cm³/mol. The van der Waals surface area contributed by atoms with Crippen LogP contribution >= 0.6 is 0 Å². The van der Waals surface area contributed by atoms with Gasteiger partial charge in [0.05, 0.1) is 7.11 Å². The first-order valence-corrected chi connectivity index (χ1v) is 7.39. The average molecular weight is 360 g/mol. The van der Waals surface area contributed by atoms with E-state index in [-0.39, 0.29) is 23.6 Å². The highest BCUT2D eigenvalue weighted by atomic mass is 16.5. The van der Waals surface area contributed by atoms with Gasteiger partial charge in [-0.1, -0.05) is 12.1 Å². The summed E-state index contributed by atoms with van der Waals surface area (Å²) in [5.74, 6) is -2.28. The monoisotopic (exact) mass is 360 g/mol. The van der Waals surface area contributed by atoms with Crippen LogP contribution in [0.15, 0.2) is 36.4 Å². The van der Waals surface area contributed by atoms with Crippen molar-refractivity contribution in [1.82, 2.24) is 10.2 Å². The third kappa shape index (κ3) is 4.07. The van der Waals surface area contributed by atoms with E-state index >= 15 is 0 Å². The number of carboxylic acids is 1. The number of carbonyl (C=O) groups is 4. The third-order valence-corrected chi connectivity index (χ3v) is 3.35. The summed E-state index contributed by atoms with van der Waals surface area (Å²) < 4.78 is 10.2. The Balaban J connectivity index is 2.33. The fourth-order valence-corrected chi connectivity index (χ4v) is 2.19. The molecule has 2 rings (SSSR count). The molecule has 2 N–H and O–H groups in total. The molecule has 4 amide bonds. The van der Waals surface area contributed by atoms with E-state index in [2.05, 4.69) is 11.9 Å². The van der Waals surface area contributed by atoms with Crippen molar-refractivity contribution in [3.05, 3.63) is 42.0 Å². The summed E-state index contributed by atoms with van der Waals surface area (Å²) >= 11 is 0. The second-order valence-electron chi connectivity index (χ2n) is 5.11. The molecule has 26 heavy (non-hydrogen) atoms. The SMILES string of the molecule is C=CCN1C(=O)NC(=O)C(=Cc2ccc(OCC(=O)O)c(OC)c2)C1=O. The standard InChI is InChI=1S/C17H16N2O7/c1-3-6-19-16(23)11(15(22)18-17(19)24)7-10-4-5-12(13(8-10)25-2)26-9-14(20)21/h3-5,7-8H,1,6,9H2,2H3,(H,20,21)(H,18,22,24). The van der Waals surface area contributed by atoms with Crippen LogP contribution < -0.4 is 14.8 Å². The van der Waals surface area contributed by atoms with Gasteiger partial charge >= 0.3 is 12.0 Å². The molecule has 0 atom stereocenters. The van der Waals surface area contributed by atoms with Crippen molar-refractivity contribution in [3.63, 3.8) is 0 Å². The molecule has 9 nitrogen and oxygen atoms in total. The van der Waals surface area contributed by atoms with Crippen molar-refractivity contribution < 1.29 is 33.8 Å². The zero-order valence-electron chi connectivity index (χ0n) is 13.9. The summed E-state index contributed by atoms with van der Waals surface area (Å²) in [6, 6.07) is 3.62. The second kappa shape index (κ2) is 7.97. The number of hydrogen-bond donors (Lipinski definition) is 2. The van der Waals surface area contributed by atoms with Crippen LogP contribution in [0.5, 0.6) is 11.5 Å². The highest BCUT2D eigenvalue weighted by Crippen LogP contribution is 2.29. The molecular formula is C17H16N2O7. The zero-order valence-corrected chi connectivity index (χ0v) is 13.9. The number of carboxylic acid groups (broad SMARTS) is 1. The number of hydrogen-bond acceptors (Lipinski definition) is 6. The Morgan fingerprint density at radius 2 is 2.04 bits per heavy atom. The number of ether oxygens (including phenoxy) is 2. The van der Waals surface area contributed by atoms with Crippen LogP contribution in [0.25, 0.3) is 6.08 Å². The Morgan fingerprint density at radius 3 is 2.65 bits per heavy atom. The predicted octanol–water partition coefficient (Wildman–Crippen LogP) is 0.806. The van der Waals surface area contributed by atoms with Gasteiger partial charge in [-0.25, -0.2) is 9.59 Å². The van der Waals surface area contributed by atoms with Gasteiger partial charge in [-0.15, -0.1) is 6.58 Å². The molecule has 0 bridgehead atoms. The number of methoxy groups -OCH3 is 1. The Labute approximate surface area is 148 Å². The Hall–Kier alpha value is -3.62. The summed E-state index contributed by atoms with van der Waals surface area (Å²) in [4.78, 5) is 47.4. The molecule has 1 aromatic carbocycles. The highest BCUT2D eigenvalue weighted by Gasteiger charge is 2.34. The lowest BCUT2D eigenvalue weighted by Gasteiger charge is -2.25. The molecule has 0 aliphatic carbocycles. The first-order chi connectivity index (χ1) is 12.4. The molecule has 1 aliphatic heterocycles. The fraction of sp³-hybridized carbons (Fsp3) is 0.176.